The van der Waals surface area contributed by atoms with E-state index in [-0.39, 0.29) is 35.5 Å². The summed E-state index contributed by atoms with van der Waals surface area (Å²) >= 11 is 0. The summed E-state index contributed by atoms with van der Waals surface area (Å²) in [6.45, 7) is 14.6. The van der Waals surface area contributed by atoms with Crippen molar-refractivity contribution in [3.05, 3.63) is 113 Å². The van der Waals surface area contributed by atoms with Gasteiger partial charge in [-0.1, -0.05) is 87.5 Å². The van der Waals surface area contributed by atoms with Crippen LogP contribution in [0.25, 0.3) is 0 Å². The summed E-state index contributed by atoms with van der Waals surface area (Å²) in [4.78, 5) is 55.9. The molecule has 57 heavy (non-hydrogen) atoms. The average Bonchev–Trinajstić information content (AvgIpc) is 3.58. The van der Waals surface area contributed by atoms with Crippen molar-refractivity contribution < 1.29 is 32.8 Å². The maximum absolute atomic E-state index is 15.9. The molecule has 4 aromatic rings. The predicted octanol–water partition coefficient (Wildman–Crippen LogP) is 7.84. The normalized spacial score (nSPS) is 23.0. The smallest absolute Gasteiger partial charge is 0.265 e. The lowest BCUT2D eigenvalue weighted by molar-refractivity contribution is -0.151. The van der Waals surface area contributed by atoms with E-state index in [4.69, 9.17) is 23.4 Å². The molecule has 1 saturated carbocycles. The van der Waals surface area contributed by atoms with Gasteiger partial charge in [0.25, 0.3) is 5.88 Å². The molecule has 0 bridgehead atoms. The van der Waals surface area contributed by atoms with Gasteiger partial charge in [0, 0.05) is 32.0 Å². The van der Waals surface area contributed by atoms with E-state index in [9.17, 15) is 0 Å². The summed E-state index contributed by atoms with van der Waals surface area (Å²) in [6.07, 6.45) is 2.80. The number of ketones is 3. The van der Waals surface area contributed by atoms with E-state index in [2.05, 4.69) is 32.5 Å². The number of hydrogen-bond acceptors (Lipinski definition) is 11. The molecule has 2 aromatic heterocycles. The van der Waals surface area contributed by atoms with Crippen molar-refractivity contribution in [3.8, 4) is 11.6 Å². The lowest BCUT2D eigenvalue weighted by Crippen LogP contribution is -2.70. The maximum Gasteiger partial charge on any atom is 0.265 e. The Morgan fingerprint density at radius 3 is 2.11 bits per heavy atom. The third kappa shape index (κ3) is 6.85. The summed E-state index contributed by atoms with van der Waals surface area (Å²) in [7, 11) is 4.68. The fraction of sp³-hybridized carbons (Fsp3) is 0.444. The number of benzene rings is 2. The van der Waals surface area contributed by atoms with Crippen molar-refractivity contribution in [1.82, 2.24) is 15.0 Å². The highest BCUT2D eigenvalue weighted by Gasteiger charge is 2.70. The first-order chi connectivity index (χ1) is 27.0. The molecule has 7 rings (SSSR count). The summed E-state index contributed by atoms with van der Waals surface area (Å²) in [5, 5.41) is 3.92. The molecule has 0 N–H and O–H groups in total. The first-order valence-electron chi connectivity index (χ1n) is 19.7. The van der Waals surface area contributed by atoms with Crippen LogP contribution in [0.2, 0.25) is 18.1 Å². The number of carbonyl (C=O) groups excluding carboxylic acids is 3. The Bertz CT molecular complexity index is 2190. The number of anilines is 1. The number of nitrogens with zero attached hydrogens (tertiary/aromatic N) is 4. The van der Waals surface area contributed by atoms with Crippen molar-refractivity contribution >= 4 is 31.5 Å². The Morgan fingerprint density at radius 2 is 1.54 bits per heavy atom. The second-order valence-corrected chi connectivity index (χ2v) is 22.3. The fourth-order valence-electron chi connectivity index (χ4n) is 8.68. The third-order valence-electron chi connectivity index (χ3n) is 12.4. The lowest BCUT2D eigenvalue weighted by atomic mass is 9.54. The standard InChI is InChI=1S/C45H54N4O7Si/c1-11-18-32-38(53-25-27-19-14-12-15-20-27)34-30(42(46-32)49(7)8)23-29-24-31-36(48(5)6)39-35(43(47-55-39)54-26-28-21-16-13-17-22-28)41(52)45(31,40(51)33(29)37(34)50)56-57(9,10)44(2,3)4/h11-17,19-22,29,31,33,36H,1,18,23-26H2,2-10H3/t29-,31-,33?,36-,45-/m0/s1. The molecule has 2 heterocycles. The minimum Gasteiger partial charge on any atom is -0.486 e. The molecule has 1 fully saturated rings. The second-order valence-electron chi connectivity index (χ2n) is 17.6. The van der Waals surface area contributed by atoms with Gasteiger partial charge in [0.1, 0.15) is 24.6 Å². The summed E-state index contributed by atoms with van der Waals surface area (Å²) in [5.41, 5.74) is 1.50. The van der Waals surface area contributed by atoms with E-state index in [0.29, 0.717) is 47.8 Å². The number of pyridine rings is 1. The van der Waals surface area contributed by atoms with E-state index in [0.717, 1.165) is 16.7 Å². The van der Waals surface area contributed by atoms with E-state index < -0.39 is 49.3 Å². The van der Waals surface area contributed by atoms with Crippen molar-refractivity contribution in [2.45, 2.75) is 83.0 Å². The van der Waals surface area contributed by atoms with Crippen LogP contribution < -0.4 is 14.4 Å². The Labute approximate surface area is 336 Å². The number of rotatable bonds is 12. The van der Waals surface area contributed by atoms with Crippen LogP contribution in [0.3, 0.4) is 0 Å². The van der Waals surface area contributed by atoms with Crippen molar-refractivity contribution in [2.75, 3.05) is 33.1 Å². The zero-order valence-corrected chi connectivity index (χ0v) is 35.5. The third-order valence-corrected chi connectivity index (χ3v) is 16.8. The molecule has 11 nitrogen and oxygen atoms in total. The van der Waals surface area contributed by atoms with E-state index >= 15 is 14.4 Å². The topological polar surface area (TPSA) is 124 Å². The van der Waals surface area contributed by atoms with Gasteiger partial charge in [0.05, 0.1) is 23.2 Å². The maximum atomic E-state index is 15.9. The molecule has 2 aromatic carbocycles. The number of aromatic nitrogens is 2. The van der Waals surface area contributed by atoms with Gasteiger partial charge in [-0.3, -0.25) is 19.3 Å². The molecule has 0 amide bonds. The Kier molecular flexibility index (Phi) is 10.7. The molecule has 0 radical (unpaired) electrons. The van der Waals surface area contributed by atoms with Crippen LogP contribution in [0.5, 0.6) is 11.6 Å². The molecule has 0 aliphatic heterocycles. The molecule has 0 spiro atoms. The predicted molar refractivity (Wildman–Crippen MR) is 220 cm³/mol. The second kappa shape index (κ2) is 15.1. The van der Waals surface area contributed by atoms with Gasteiger partial charge in [0.2, 0.25) is 5.78 Å². The van der Waals surface area contributed by atoms with Crippen LogP contribution in [0.15, 0.2) is 77.8 Å². The van der Waals surface area contributed by atoms with E-state index in [1.165, 1.54) is 0 Å². The summed E-state index contributed by atoms with van der Waals surface area (Å²) in [5.74, 6) is -2.45. The minimum absolute atomic E-state index is 0.00460. The summed E-state index contributed by atoms with van der Waals surface area (Å²) < 4.78 is 26.1. The van der Waals surface area contributed by atoms with Crippen LogP contribution in [-0.2, 0) is 35.3 Å². The van der Waals surface area contributed by atoms with Crippen molar-refractivity contribution in [3.63, 3.8) is 0 Å². The zero-order valence-electron chi connectivity index (χ0n) is 34.5. The first kappa shape index (κ1) is 40.3. The lowest BCUT2D eigenvalue weighted by Gasteiger charge is -2.56. The molecule has 1 unspecified atom stereocenters. The molecule has 12 heteroatoms. The van der Waals surface area contributed by atoms with Gasteiger partial charge in [-0.15, -0.1) is 6.58 Å². The number of Topliss-reactive ketones (excluding diaryl/α,β-unsaturated/α-hetero) is 3. The van der Waals surface area contributed by atoms with Crippen molar-refractivity contribution in [2.24, 2.45) is 17.8 Å². The van der Waals surface area contributed by atoms with Crippen LogP contribution in [0.1, 0.15) is 82.1 Å². The number of hydrogen-bond donors (Lipinski definition) is 0. The highest BCUT2D eigenvalue weighted by atomic mass is 28.4. The first-order valence-corrected chi connectivity index (χ1v) is 22.6. The van der Waals surface area contributed by atoms with Crippen LogP contribution in [0, 0.1) is 17.8 Å². The quantitative estimate of drug-likeness (QED) is 0.0792. The number of allylic oxidation sites excluding steroid dienone is 1. The molecular weight excluding hydrogens is 737 g/mol. The van der Waals surface area contributed by atoms with E-state index in [1.54, 1.807) is 6.08 Å². The molecule has 0 saturated heterocycles. The molecular formula is C45H54N4O7Si. The highest BCUT2D eigenvalue weighted by molar-refractivity contribution is 6.74. The number of ether oxygens (including phenoxy) is 2. The van der Waals surface area contributed by atoms with E-state index in [1.807, 2.05) is 112 Å². The van der Waals surface area contributed by atoms with Crippen LogP contribution in [-0.4, -0.2) is 74.5 Å². The average molecular weight is 791 g/mol. The monoisotopic (exact) mass is 790 g/mol. The Morgan fingerprint density at radius 1 is 0.930 bits per heavy atom. The number of fused-ring (bicyclic) bond motifs is 4. The highest BCUT2D eigenvalue weighted by Crippen LogP contribution is 2.59. The van der Waals surface area contributed by atoms with Gasteiger partial charge in [-0.05, 0) is 67.3 Å². The zero-order chi connectivity index (χ0) is 41.0. The molecule has 300 valence electrons. The SMILES string of the molecule is C=CCc1nc(N(C)C)c2c(c1OCc1ccccc1)C(=O)C1C(=O)[C@]3(O[Si](C)(C)C(C)(C)C)C(=O)c4c(OCc5ccccc5)noc4[C@@H](N(C)C)[C@@H]3C[C@@H]1C2. The van der Waals surface area contributed by atoms with Gasteiger partial charge in [-0.2, -0.15) is 0 Å². The molecule has 5 atom stereocenters. The largest absolute Gasteiger partial charge is 0.486 e. The van der Waals surface area contributed by atoms with Gasteiger partial charge in [0.15, 0.2) is 37.0 Å². The van der Waals surface area contributed by atoms with Gasteiger partial charge < -0.3 is 23.3 Å². The number of carbonyl (C=O) groups is 3. The minimum atomic E-state index is -2.92. The molecule has 3 aliphatic carbocycles. The van der Waals surface area contributed by atoms with Crippen LogP contribution >= 0.6 is 0 Å². The molecule has 3 aliphatic rings. The summed E-state index contributed by atoms with van der Waals surface area (Å²) in [6, 6.07) is 18.7. The van der Waals surface area contributed by atoms with Crippen LogP contribution in [0.4, 0.5) is 5.82 Å². The van der Waals surface area contributed by atoms with Crippen molar-refractivity contribution in [1.29, 1.82) is 0 Å². The fourth-order valence-corrected chi connectivity index (χ4v) is 10.1. The van der Waals surface area contributed by atoms with Gasteiger partial charge in [-0.25, -0.2) is 4.98 Å². The Balaban J connectivity index is 1.41. The van der Waals surface area contributed by atoms with Gasteiger partial charge >= 0.3 is 0 Å². The Hall–Kier alpha value is -4.91.